The maximum atomic E-state index is 14.4. The lowest BCUT2D eigenvalue weighted by Crippen LogP contribution is -2.64. The van der Waals surface area contributed by atoms with E-state index in [4.69, 9.17) is 0 Å². The lowest BCUT2D eigenvalue weighted by Gasteiger charge is -2.56. The molecular weight excluding hydrogens is 432 g/mol. The van der Waals surface area contributed by atoms with Crippen molar-refractivity contribution in [2.24, 2.45) is 0 Å². The van der Waals surface area contributed by atoms with E-state index in [2.05, 4.69) is 91.3 Å². The van der Waals surface area contributed by atoms with Crippen molar-refractivity contribution in [2.45, 2.75) is 143 Å². The SMILES string of the molecule is CCCCc1cc(C(C)(CC)C(=O)N(CC)C2CC(C)(C)N(C)C(C)(C)C2)cc(CCCC)c1O. The monoisotopic (exact) mass is 486 g/mol. The molecule has 4 nitrogen and oxygen atoms in total. The molecule has 0 aromatic heterocycles. The van der Waals surface area contributed by atoms with E-state index in [-0.39, 0.29) is 23.0 Å². The van der Waals surface area contributed by atoms with Gasteiger partial charge in [-0.2, -0.15) is 0 Å². The molecule has 0 bridgehead atoms. The average molecular weight is 487 g/mol. The highest BCUT2D eigenvalue weighted by Crippen LogP contribution is 2.42. The highest BCUT2D eigenvalue weighted by Gasteiger charge is 2.47. The fraction of sp³-hybridized carbons (Fsp3) is 0.774. The number of nitrogens with zero attached hydrogens (tertiary/aromatic N) is 2. The predicted molar refractivity (Wildman–Crippen MR) is 149 cm³/mol. The summed E-state index contributed by atoms with van der Waals surface area (Å²) in [5, 5.41) is 11.0. The van der Waals surface area contributed by atoms with E-state index >= 15 is 0 Å². The largest absolute Gasteiger partial charge is 0.507 e. The van der Waals surface area contributed by atoms with Crippen LogP contribution in [0.1, 0.15) is 124 Å². The van der Waals surface area contributed by atoms with E-state index in [1.165, 1.54) is 0 Å². The number of aryl methyl sites for hydroxylation is 2. The van der Waals surface area contributed by atoms with Gasteiger partial charge in [0.15, 0.2) is 0 Å². The Balaban J connectivity index is 2.52. The third-order valence-corrected chi connectivity index (χ3v) is 9.01. The minimum absolute atomic E-state index is 0.0297. The van der Waals surface area contributed by atoms with Gasteiger partial charge < -0.3 is 10.0 Å². The number of likely N-dealkylation sites (tertiary alicyclic amines) is 1. The first-order chi connectivity index (χ1) is 16.3. The third-order valence-electron chi connectivity index (χ3n) is 9.01. The van der Waals surface area contributed by atoms with Crippen molar-refractivity contribution in [3.63, 3.8) is 0 Å². The molecule has 1 atom stereocenters. The van der Waals surface area contributed by atoms with E-state index in [0.29, 0.717) is 5.75 Å². The Morgan fingerprint density at radius 2 is 1.46 bits per heavy atom. The van der Waals surface area contributed by atoms with Crippen molar-refractivity contribution in [1.82, 2.24) is 9.80 Å². The maximum absolute atomic E-state index is 14.4. The quantitative estimate of drug-likeness (QED) is 0.358. The van der Waals surface area contributed by atoms with Gasteiger partial charge in [-0.1, -0.05) is 45.7 Å². The highest BCUT2D eigenvalue weighted by molar-refractivity contribution is 5.88. The van der Waals surface area contributed by atoms with Crippen molar-refractivity contribution >= 4 is 5.91 Å². The molecule has 1 amide bonds. The number of carbonyl (C=O) groups excluding carboxylic acids is 1. The number of piperidine rings is 1. The minimum Gasteiger partial charge on any atom is -0.507 e. The van der Waals surface area contributed by atoms with Gasteiger partial charge in [-0.25, -0.2) is 0 Å². The second-order valence-electron chi connectivity index (χ2n) is 12.4. The van der Waals surface area contributed by atoms with Crippen LogP contribution in [0.3, 0.4) is 0 Å². The number of likely N-dealkylation sites (N-methyl/N-ethyl adjacent to an activating group) is 1. The van der Waals surface area contributed by atoms with Crippen molar-refractivity contribution in [3.05, 3.63) is 28.8 Å². The van der Waals surface area contributed by atoms with Crippen LogP contribution in [-0.2, 0) is 23.1 Å². The van der Waals surface area contributed by atoms with E-state index < -0.39 is 5.41 Å². The van der Waals surface area contributed by atoms with Gasteiger partial charge >= 0.3 is 0 Å². The van der Waals surface area contributed by atoms with Crippen molar-refractivity contribution in [3.8, 4) is 5.75 Å². The van der Waals surface area contributed by atoms with Crippen LogP contribution in [0.25, 0.3) is 0 Å². The van der Waals surface area contributed by atoms with Gasteiger partial charge in [0, 0.05) is 23.7 Å². The lowest BCUT2D eigenvalue weighted by molar-refractivity contribution is -0.143. The first-order valence-corrected chi connectivity index (χ1v) is 14.2. The summed E-state index contributed by atoms with van der Waals surface area (Å²) < 4.78 is 0. The zero-order chi connectivity index (χ0) is 26.6. The van der Waals surface area contributed by atoms with Crippen molar-refractivity contribution < 1.29 is 9.90 Å². The van der Waals surface area contributed by atoms with Crippen LogP contribution in [0.2, 0.25) is 0 Å². The molecule has 1 saturated heterocycles. The molecule has 1 aromatic rings. The van der Waals surface area contributed by atoms with Gasteiger partial charge in [0.05, 0.1) is 5.41 Å². The smallest absolute Gasteiger partial charge is 0.233 e. The van der Waals surface area contributed by atoms with Gasteiger partial charge in [-0.05, 0) is 110 Å². The van der Waals surface area contributed by atoms with E-state index in [9.17, 15) is 9.90 Å². The van der Waals surface area contributed by atoms with Crippen LogP contribution < -0.4 is 0 Å². The molecule has 0 aliphatic carbocycles. The highest BCUT2D eigenvalue weighted by atomic mass is 16.3. The van der Waals surface area contributed by atoms with Crippen LogP contribution in [0.5, 0.6) is 5.75 Å². The van der Waals surface area contributed by atoms with E-state index in [0.717, 1.165) is 81.0 Å². The van der Waals surface area contributed by atoms with Crippen molar-refractivity contribution in [2.75, 3.05) is 13.6 Å². The zero-order valence-electron chi connectivity index (χ0n) is 24.6. The number of carbonyl (C=O) groups is 1. The third kappa shape index (κ3) is 6.24. The lowest BCUT2D eigenvalue weighted by atomic mass is 9.74. The van der Waals surface area contributed by atoms with Crippen LogP contribution in [0, 0.1) is 0 Å². The summed E-state index contributed by atoms with van der Waals surface area (Å²) in [6.45, 7) is 20.7. The van der Waals surface area contributed by atoms with Crippen LogP contribution in [0.15, 0.2) is 12.1 Å². The Morgan fingerprint density at radius 3 is 1.83 bits per heavy atom. The van der Waals surface area contributed by atoms with Gasteiger partial charge in [0.1, 0.15) is 5.75 Å². The molecular formula is C31H54N2O2. The summed E-state index contributed by atoms with van der Waals surface area (Å²) >= 11 is 0. The van der Waals surface area contributed by atoms with Gasteiger partial charge in [0.25, 0.3) is 0 Å². The second-order valence-corrected chi connectivity index (χ2v) is 12.4. The minimum atomic E-state index is -0.608. The number of benzene rings is 1. The molecule has 0 radical (unpaired) electrons. The number of rotatable bonds is 11. The topological polar surface area (TPSA) is 43.8 Å². The normalized spacial score (nSPS) is 19.9. The molecule has 1 aliphatic heterocycles. The number of unbranched alkanes of at least 4 members (excludes halogenated alkanes) is 2. The van der Waals surface area contributed by atoms with Gasteiger partial charge in [-0.15, -0.1) is 0 Å². The standard InChI is InChI=1S/C31H54N2O2/c1-11-15-17-23-19-25(20-24(27(23)34)18-16-12-2)31(9,13-3)28(35)33(14-4)26-21-29(5,6)32(10)30(7,8)22-26/h19-20,26,34H,11-18,21-22H2,1-10H3. The number of amides is 1. The molecule has 1 N–H and O–H groups in total. The Kier molecular flexibility index (Phi) is 9.89. The first kappa shape index (κ1) is 29.7. The Hall–Kier alpha value is -1.55. The van der Waals surface area contributed by atoms with E-state index in [1.807, 2.05) is 0 Å². The summed E-state index contributed by atoms with van der Waals surface area (Å²) in [5.74, 6) is 0.685. The zero-order valence-corrected chi connectivity index (χ0v) is 24.6. The van der Waals surface area contributed by atoms with Gasteiger partial charge in [-0.3, -0.25) is 9.69 Å². The summed E-state index contributed by atoms with van der Waals surface area (Å²) in [7, 11) is 2.22. The fourth-order valence-corrected chi connectivity index (χ4v) is 6.10. The molecule has 1 unspecified atom stereocenters. The van der Waals surface area contributed by atoms with E-state index in [1.54, 1.807) is 0 Å². The van der Waals surface area contributed by atoms with Crippen molar-refractivity contribution in [1.29, 1.82) is 0 Å². The maximum Gasteiger partial charge on any atom is 0.233 e. The summed E-state index contributed by atoms with van der Waals surface area (Å²) in [6.07, 6.45) is 8.68. The number of phenolic OH excluding ortho intramolecular Hbond substituents is 1. The Labute approximate surface area is 216 Å². The first-order valence-electron chi connectivity index (χ1n) is 14.2. The molecule has 4 heteroatoms. The molecule has 1 fully saturated rings. The summed E-state index contributed by atoms with van der Waals surface area (Å²) in [5.41, 5.74) is 2.54. The molecule has 0 saturated carbocycles. The Morgan fingerprint density at radius 1 is 1.00 bits per heavy atom. The fourth-order valence-electron chi connectivity index (χ4n) is 6.10. The van der Waals surface area contributed by atoms with Crippen LogP contribution >= 0.6 is 0 Å². The number of hydrogen-bond donors (Lipinski definition) is 1. The second kappa shape index (κ2) is 11.7. The number of hydrogen-bond acceptors (Lipinski definition) is 3. The number of phenols is 1. The van der Waals surface area contributed by atoms with Gasteiger partial charge in [0.2, 0.25) is 5.91 Å². The Bertz CT molecular complexity index is 813. The molecule has 1 heterocycles. The molecule has 35 heavy (non-hydrogen) atoms. The summed E-state index contributed by atoms with van der Waals surface area (Å²) in [4.78, 5) is 19.1. The number of aromatic hydroxyl groups is 1. The molecule has 1 aromatic carbocycles. The van der Waals surface area contributed by atoms with Crippen LogP contribution in [-0.4, -0.2) is 51.5 Å². The molecule has 200 valence electrons. The predicted octanol–water partition coefficient (Wildman–Crippen LogP) is 7.25. The van der Waals surface area contributed by atoms with Crippen LogP contribution in [0.4, 0.5) is 0 Å². The molecule has 1 aliphatic rings. The molecule has 2 rings (SSSR count). The summed E-state index contributed by atoms with van der Waals surface area (Å²) in [6, 6.07) is 4.49. The average Bonchev–Trinajstić information content (AvgIpc) is 2.80. The molecule has 0 spiro atoms.